The molecular weight excluding hydrogens is 360 g/mol. The highest BCUT2D eigenvalue weighted by molar-refractivity contribution is 5.81. The van der Waals surface area contributed by atoms with Crippen molar-refractivity contribution in [1.29, 1.82) is 0 Å². The van der Waals surface area contributed by atoms with Crippen molar-refractivity contribution in [1.82, 2.24) is 10.6 Å². The maximum Gasteiger partial charge on any atom is 0.407 e. The predicted molar refractivity (Wildman–Crippen MR) is 94.7 cm³/mol. The molecule has 152 valence electrons. The Balaban J connectivity index is 3.40. The van der Waals surface area contributed by atoms with Crippen molar-refractivity contribution in [3.05, 3.63) is 25.3 Å². The fourth-order valence-electron chi connectivity index (χ4n) is 1.50. The van der Waals surface area contributed by atoms with Crippen molar-refractivity contribution < 1.29 is 38.1 Å². The number of carbonyl (C=O) groups is 4. The Labute approximate surface area is 157 Å². The quantitative estimate of drug-likeness (QED) is 0.175. The minimum absolute atomic E-state index is 0.0343. The van der Waals surface area contributed by atoms with E-state index in [9.17, 15) is 19.2 Å². The average Bonchev–Trinajstić information content (AvgIpc) is 2.67. The number of nitrogens with one attached hydrogen (secondary N) is 2. The predicted octanol–water partition coefficient (Wildman–Crippen LogP) is 0.0840. The maximum absolute atomic E-state index is 11.4. The van der Waals surface area contributed by atoms with Crippen LogP contribution in [0.5, 0.6) is 0 Å². The Morgan fingerprint density at radius 1 is 0.741 bits per heavy atom. The van der Waals surface area contributed by atoms with E-state index < -0.39 is 18.0 Å². The van der Waals surface area contributed by atoms with Gasteiger partial charge in [-0.25, -0.2) is 14.4 Å². The first-order chi connectivity index (χ1) is 13.0. The summed E-state index contributed by atoms with van der Waals surface area (Å²) in [6, 6.07) is 0. The van der Waals surface area contributed by atoms with E-state index in [1.165, 1.54) is 0 Å². The molecule has 2 N–H and O–H groups in total. The molecule has 0 unspecified atom stereocenters. The number of amides is 2. The molecular formula is C17H26N2O8. The minimum atomic E-state index is -0.609. The summed E-state index contributed by atoms with van der Waals surface area (Å²) < 4.78 is 19.4. The van der Waals surface area contributed by atoms with Crippen LogP contribution in [0.25, 0.3) is 0 Å². The van der Waals surface area contributed by atoms with Crippen molar-refractivity contribution in [2.24, 2.45) is 0 Å². The van der Waals surface area contributed by atoms with Crippen LogP contribution >= 0.6 is 0 Å². The Kier molecular flexibility index (Phi) is 14.8. The summed E-state index contributed by atoms with van der Waals surface area (Å²) in [6.07, 6.45) is 2.64. The van der Waals surface area contributed by atoms with Crippen molar-refractivity contribution in [2.45, 2.75) is 12.8 Å². The SMILES string of the molecule is C=CC(=O)OCCNC(=O)COCCCCOC(=O)NCCOC(=O)C=C. The average molecular weight is 386 g/mol. The molecule has 0 aromatic heterocycles. The summed E-state index contributed by atoms with van der Waals surface area (Å²) >= 11 is 0. The summed E-state index contributed by atoms with van der Waals surface area (Å²) in [7, 11) is 0. The normalized spacial score (nSPS) is 9.63. The van der Waals surface area contributed by atoms with Gasteiger partial charge >= 0.3 is 18.0 Å². The second-order valence-corrected chi connectivity index (χ2v) is 4.92. The zero-order valence-corrected chi connectivity index (χ0v) is 15.2. The number of esters is 2. The molecule has 0 aromatic carbocycles. The van der Waals surface area contributed by atoms with Crippen LogP contribution in [0.3, 0.4) is 0 Å². The van der Waals surface area contributed by atoms with E-state index in [1.54, 1.807) is 0 Å². The van der Waals surface area contributed by atoms with Gasteiger partial charge in [-0.05, 0) is 12.8 Å². The van der Waals surface area contributed by atoms with Crippen molar-refractivity contribution in [2.75, 3.05) is 46.1 Å². The molecule has 0 aliphatic heterocycles. The van der Waals surface area contributed by atoms with Crippen LogP contribution in [-0.2, 0) is 33.3 Å². The van der Waals surface area contributed by atoms with Crippen LogP contribution in [0.1, 0.15) is 12.8 Å². The number of ether oxygens (including phenoxy) is 4. The Morgan fingerprint density at radius 2 is 1.30 bits per heavy atom. The largest absolute Gasteiger partial charge is 0.461 e. The van der Waals surface area contributed by atoms with Crippen LogP contribution in [0, 0.1) is 0 Å². The Hall–Kier alpha value is -2.88. The summed E-state index contributed by atoms with van der Waals surface area (Å²) in [4.78, 5) is 44.2. The van der Waals surface area contributed by atoms with Gasteiger partial charge in [0.1, 0.15) is 19.8 Å². The topological polar surface area (TPSA) is 129 Å². The zero-order valence-electron chi connectivity index (χ0n) is 15.2. The number of unbranched alkanes of at least 4 members (excludes halogenated alkanes) is 1. The second kappa shape index (κ2) is 16.6. The van der Waals surface area contributed by atoms with E-state index in [1.807, 2.05) is 0 Å². The lowest BCUT2D eigenvalue weighted by Crippen LogP contribution is -2.31. The van der Waals surface area contributed by atoms with Gasteiger partial charge in [0, 0.05) is 18.8 Å². The molecule has 10 heteroatoms. The molecule has 0 rings (SSSR count). The van der Waals surface area contributed by atoms with Crippen molar-refractivity contribution >= 4 is 23.9 Å². The highest BCUT2D eigenvalue weighted by atomic mass is 16.6. The lowest BCUT2D eigenvalue weighted by Gasteiger charge is -2.08. The number of alkyl carbamates (subject to hydrolysis) is 1. The molecule has 0 fully saturated rings. The molecule has 0 radical (unpaired) electrons. The molecule has 0 bridgehead atoms. The van der Waals surface area contributed by atoms with Crippen LogP contribution in [-0.4, -0.2) is 70.1 Å². The molecule has 0 saturated heterocycles. The number of hydrogen-bond acceptors (Lipinski definition) is 8. The van der Waals surface area contributed by atoms with E-state index in [2.05, 4.69) is 28.5 Å². The fourth-order valence-corrected chi connectivity index (χ4v) is 1.50. The third-order valence-electron chi connectivity index (χ3n) is 2.77. The van der Waals surface area contributed by atoms with Crippen LogP contribution in [0.15, 0.2) is 25.3 Å². The molecule has 27 heavy (non-hydrogen) atoms. The molecule has 0 atom stereocenters. The van der Waals surface area contributed by atoms with Crippen molar-refractivity contribution in [3.63, 3.8) is 0 Å². The van der Waals surface area contributed by atoms with Gasteiger partial charge in [-0.2, -0.15) is 0 Å². The first-order valence-corrected chi connectivity index (χ1v) is 8.33. The smallest absolute Gasteiger partial charge is 0.407 e. The van der Waals surface area contributed by atoms with Gasteiger partial charge in [-0.3, -0.25) is 4.79 Å². The molecule has 2 amide bonds. The third-order valence-corrected chi connectivity index (χ3v) is 2.77. The van der Waals surface area contributed by atoms with Gasteiger partial charge in [0.2, 0.25) is 5.91 Å². The highest BCUT2D eigenvalue weighted by Gasteiger charge is 2.03. The molecule has 0 saturated carbocycles. The standard InChI is InChI=1S/C17H26N2O8/c1-3-15(21)25-11-7-18-14(20)13-24-9-5-6-10-27-17(23)19-8-12-26-16(22)4-2/h3-4H,1-2,5-13H2,(H,18,20)(H,19,23). The number of rotatable bonds is 15. The van der Waals surface area contributed by atoms with Crippen LogP contribution in [0.2, 0.25) is 0 Å². The van der Waals surface area contributed by atoms with Gasteiger partial charge in [0.25, 0.3) is 0 Å². The first kappa shape index (κ1) is 24.1. The molecule has 0 aromatic rings. The van der Waals surface area contributed by atoms with E-state index in [4.69, 9.17) is 14.2 Å². The minimum Gasteiger partial charge on any atom is -0.461 e. The zero-order chi connectivity index (χ0) is 20.3. The second-order valence-electron chi connectivity index (χ2n) is 4.92. The van der Waals surface area contributed by atoms with Crippen LogP contribution in [0.4, 0.5) is 4.79 Å². The number of carbonyl (C=O) groups excluding carboxylic acids is 4. The Morgan fingerprint density at radius 3 is 1.89 bits per heavy atom. The molecule has 10 nitrogen and oxygen atoms in total. The monoisotopic (exact) mass is 386 g/mol. The fraction of sp³-hybridized carbons (Fsp3) is 0.529. The number of hydrogen-bond donors (Lipinski definition) is 2. The maximum atomic E-state index is 11.4. The van der Waals surface area contributed by atoms with E-state index >= 15 is 0 Å². The van der Waals surface area contributed by atoms with E-state index in [-0.39, 0.29) is 45.4 Å². The summed E-state index contributed by atoms with van der Waals surface area (Å²) in [5.41, 5.74) is 0. The highest BCUT2D eigenvalue weighted by Crippen LogP contribution is 1.92. The summed E-state index contributed by atoms with van der Waals surface area (Å²) in [5.74, 6) is -1.43. The lowest BCUT2D eigenvalue weighted by atomic mass is 10.3. The van der Waals surface area contributed by atoms with Gasteiger partial charge in [0.15, 0.2) is 0 Å². The van der Waals surface area contributed by atoms with Crippen LogP contribution < -0.4 is 10.6 Å². The van der Waals surface area contributed by atoms with Gasteiger partial charge in [-0.1, -0.05) is 13.2 Å². The van der Waals surface area contributed by atoms with Gasteiger partial charge < -0.3 is 29.6 Å². The molecule has 0 spiro atoms. The summed E-state index contributed by atoms with van der Waals surface area (Å²) in [5, 5.41) is 4.94. The van der Waals surface area contributed by atoms with Crippen molar-refractivity contribution in [3.8, 4) is 0 Å². The lowest BCUT2D eigenvalue weighted by molar-refractivity contribution is -0.138. The van der Waals surface area contributed by atoms with E-state index in [0.717, 1.165) is 12.2 Å². The Bertz CT molecular complexity index is 463. The molecule has 0 heterocycles. The van der Waals surface area contributed by atoms with Gasteiger partial charge in [-0.15, -0.1) is 0 Å². The van der Waals surface area contributed by atoms with E-state index in [0.29, 0.717) is 19.4 Å². The first-order valence-electron chi connectivity index (χ1n) is 8.33. The summed E-state index contributed by atoms with van der Waals surface area (Å²) in [6.45, 7) is 7.34. The van der Waals surface area contributed by atoms with Gasteiger partial charge in [0.05, 0.1) is 19.7 Å². The molecule has 0 aliphatic rings. The molecule has 0 aliphatic carbocycles. The third kappa shape index (κ3) is 16.3.